The summed E-state index contributed by atoms with van der Waals surface area (Å²) in [5.41, 5.74) is 3.22. The van der Waals surface area contributed by atoms with Crippen LogP contribution in [-0.4, -0.2) is 24.4 Å². The molecule has 0 spiro atoms. The third kappa shape index (κ3) is 3.24. The molecule has 0 aromatic carbocycles. The van der Waals surface area contributed by atoms with E-state index in [-0.39, 0.29) is 16.9 Å². The quantitative estimate of drug-likeness (QED) is 0.408. The van der Waals surface area contributed by atoms with Crippen molar-refractivity contribution in [3.05, 3.63) is 11.6 Å². The second-order valence-corrected chi connectivity index (χ2v) is 15.1. The Hall–Kier alpha value is -0.340. The Morgan fingerprint density at radius 3 is 2.09 bits per heavy atom. The van der Waals surface area contributed by atoms with Crippen LogP contribution in [0.3, 0.4) is 0 Å². The van der Waals surface area contributed by atoms with Crippen LogP contribution in [0.25, 0.3) is 0 Å². The highest BCUT2D eigenvalue weighted by atomic mass is 16.5. The Morgan fingerprint density at radius 2 is 1.39 bits per heavy atom. The lowest BCUT2D eigenvalue weighted by atomic mass is 9.42. The molecule has 5 aliphatic rings. The Bertz CT molecular complexity index is 810. The van der Waals surface area contributed by atoms with Gasteiger partial charge in [0, 0.05) is 7.11 Å². The maximum Gasteiger partial charge on any atom is 0.0625 e. The van der Waals surface area contributed by atoms with Gasteiger partial charge in [-0.1, -0.05) is 60.1 Å². The van der Waals surface area contributed by atoms with E-state index in [2.05, 4.69) is 54.5 Å². The molecule has 0 saturated heterocycles. The molecule has 5 rings (SSSR count). The van der Waals surface area contributed by atoms with Crippen LogP contribution in [0, 0.1) is 50.7 Å². The lowest BCUT2D eigenvalue weighted by Gasteiger charge is -2.63. The first-order valence-electron chi connectivity index (χ1n) is 14.2. The molecule has 1 N–H and O–H groups in total. The van der Waals surface area contributed by atoms with Gasteiger partial charge >= 0.3 is 0 Å². The highest BCUT2D eigenvalue weighted by molar-refractivity contribution is 5.26. The smallest absolute Gasteiger partial charge is 0.0625 e. The summed E-state index contributed by atoms with van der Waals surface area (Å²) in [6.07, 6.45) is 15.8. The molecule has 0 aromatic heterocycles. The summed E-state index contributed by atoms with van der Waals surface area (Å²) < 4.78 is 6.03. The van der Waals surface area contributed by atoms with Crippen LogP contribution >= 0.6 is 0 Å². The summed E-state index contributed by atoms with van der Waals surface area (Å²) in [4.78, 5) is 0. The van der Waals surface area contributed by atoms with E-state index in [0.29, 0.717) is 28.3 Å². The number of aliphatic hydroxyl groups excluding tert-OH is 1. The van der Waals surface area contributed by atoms with Crippen molar-refractivity contribution in [1.29, 1.82) is 0 Å². The fourth-order valence-corrected chi connectivity index (χ4v) is 11.4. The molecule has 4 saturated carbocycles. The van der Waals surface area contributed by atoms with Crippen LogP contribution in [0.1, 0.15) is 113 Å². The molecule has 4 fully saturated rings. The van der Waals surface area contributed by atoms with Gasteiger partial charge < -0.3 is 9.84 Å². The van der Waals surface area contributed by atoms with Crippen LogP contribution in [0.15, 0.2) is 11.6 Å². The molecule has 0 aliphatic heterocycles. The highest BCUT2D eigenvalue weighted by Crippen LogP contribution is 2.69. The van der Waals surface area contributed by atoms with E-state index in [1.165, 1.54) is 57.8 Å². The van der Waals surface area contributed by atoms with Gasteiger partial charge in [0.15, 0.2) is 0 Å². The highest BCUT2D eigenvalue weighted by Gasteiger charge is 2.62. The molecular formula is C31H52O2. The largest absolute Gasteiger partial charge is 0.393 e. The third-order valence-corrected chi connectivity index (χ3v) is 13.1. The van der Waals surface area contributed by atoms with Crippen molar-refractivity contribution in [3.63, 3.8) is 0 Å². The van der Waals surface area contributed by atoms with Crippen molar-refractivity contribution in [3.8, 4) is 0 Å². The Labute approximate surface area is 204 Å². The van der Waals surface area contributed by atoms with Crippen molar-refractivity contribution in [2.75, 3.05) is 7.11 Å². The van der Waals surface area contributed by atoms with Crippen molar-refractivity contribution < 1.29 is 9.84 Å². The molecular weight excluding hydrogens is 404 g/mol. The molecule has 2 heteroatoms. The van der Waals surface area contributed by atoms with Crippen molar-refractivity contribution in [2.45, 2.75) is 125 Å². The number of allylic oxidation sites excluding steroid dienone is 2. The topological polar surface area (TPSA) is 29.5 Å². The second-order valence-electron chi connectivity index (χ2n) is 15.1. The zero-order chi connectivity index (χ0) is 24.0. The van der Waals surface area contributed by atoms with E-state index in [9.17, 15) is 5.11 Å². The predicted molar refractivity (Wildman–Crippen MR) is 137 cm³/mol. The summed E-state index contributed by atoms with van der Waals surface area (Å²) in [5.74, 6) is 2.90. The van der Waals surface area contributed by atoms with Gasteiger partial charge in [0.05, 0.1) is 12.2 Å². The zero-order valence-electron chi connectivity index (χ0n) is 23.0. The first kappa shape index (κ1) is 24.4. The fraction of sp³-hybridized carbons (Fsp3) is 0.935. The maximum absolute atomic E-state index is 10.9. The molecule has 0 heterocycles. The Balaban J connectivity index is 1.50. The number of fused-ring (bicyclic) bond motifs is 6. The number of methoxy groups -OCH3 is 1. The lowest BCUT2D eigenvalue weighted by Crippen LogP contribution is -2.58. The van der Waals surface area contributed by atoms with E-state index >= 15 is 0 Å². The normalized spacial score (nSPS) is 52.9. The van der Waals surface area contributed by atoms with Gasteiger partial charge in [-0.05, 0) is 115 Å². The van der Waals surface area contributed by atoms with Crippen LogP contribution < -0.4 is 0 Å². The van der Waals surface area contributed by atoms with E-state index in [4.69, 9.17) is 4.74 Å². The van der Waals surface area contributed by atoms with Gasteiger partial charge in [-0.2, -0.15) is 0 Å². The monoisotopic (exact) mass is 456 g/mol. The van der Waals surface area contributed by atoms with Crippen LogP contribution in [0.4, 0.5) is 0 Å². The van der Waals surface area contributed by atoms with Crippen molar-refractivity contribution in [1.82, 2.24) is 0 Å². The Kier molecular flexibility index (Phi) is 5.60. The van der Waals surface area contributed by atoms with Gasteiger partial charge in [0.1, 0.15) is 0 Å². The summed E-state index contributed by atoms with van der Waals surface area (Å²) in [6.45, 7) is 17.6. The molecule has 0 aromatic rings. The number of aliphatic hydroxyl groups is 1. The predicted octanol–water partition coefficient (Wildman–Crippen LogP) is 7.79. The molecule has 33 heavy (non-hydrogen) atoms. The molecule has 2 nitrogen and oxygen atoms in total. The van der Waals surface area contributed by atoms with E-state index in [0.717, 1.165) is 24.2 Å². The zero-order valence-corrected chi connectivity index (χ0v) is 23.0. The minimum Gasteiger partial charge on any atom is -0.393 e. The molecule has 9 atom stereocenters. The summed E-state index contributed by atoms with van der Waals surface area (Å²) >= 11 is 0. The van der Waals surface area contributed by atoms with Crippen molar-refractivity contribution in [2.24, 2.45) is 50.7 Å². The summed E-state index contributed by atoms with van der Waals surface area (Å²) in [5, 5.41) is 10.9. The molecule has 188 valence electrons. The van der Waals surface area contributed by atoms with Gasteiger partial charge in [0.2, 0.25) is 0 Å². The van der Waals surface area contributed by atoms with E-state index in [1.54, 1.807) is 5.57 Å². The fourth-order valence-electron chi connectivity index (χ4n) is 11.4. The van der Waals surface area contributed by atoms with E-state index < -0.39 is 0 Å². The average molecular weight is 457 g/mol. The van der Waals surface area contributed by atoms with Gasteiger partial charge in [-0.25, -0.2) is 0 Å². The SMILES string of the molecule is CO[C@H]1CC[C@]2(C)[C@H]3CC[C@H]4C(=C[C@]3(C)CC[C@H]2C1(C)C)CC[C@H]1C(C)(C)[C@H](O)CC[C@]41C. The summed E-state index contributed by atoms with van der Waals surface area (Å²) in [6, 6.07) is 0. The average Bonchev–Trinajstić information content (AvgIpc) is 2.88. The number of rotatable bonds is 1. The lowest BCUT2D eigenvalue weighted by molar-refractivity contribution is -0.171. The first-order valence-corrected chi connectivity index (χ1v) is 14.2. The standard InChI is InChI=1S/C31H52O2/c1-27(2)22-11-9-20-19-29(5)16-13-23-28(3,4)26(33-8)15-18-31(23,7)24(29)12-10-21(20)30(22,6)17-14-25(27)32/h19,21-26,32H,9-18H2,1-8H3/t21-,22-,23-,24-,25+,26-,29-,30+,31-/m0/s1. The molecule has 0 amide bonds. The number of hydrogen-bond acceptors (Lipinski definition) is 2. The Morgan fingerprint density at radius 1 is 0.727 bits per heavy atom. The molecule has 0 bridgehead atoms. The molecule has 0 unspecified atom stereocenters. The minimum atomic E-state index is -0.134. The van der Waals surface area contributed by atoms with Gasteiger partial charge in [0.25, 0.3) is 0 Å². The molecule has 0 radical (unpaired) electrons. The van der Waals surface area contributed by atoms with Crippen molar-refractivity contribution >= 4 is 0 Å². The minimum absolute atomic E-state index is 0.0428. The maximum atomic E-state index is 10.9. The van der Waals surface area contributed by atoms with E-state index in [1.807, 2.05) is 7.11 Å². The van der Waals surface area contributed by atoms with Gasteiger partial charge in [-0.15, -0.1) is 0 Å². The second kappa shape index (κ2) is 7.58. The first-order chi connectivity index (χ1) is 15.3. The van der Waals surface area contributed by atoms with Gasteiger partial charge in [-0.3, -0.25) is 0 Å². The number of hydrogen-bond donors (Lipinski definition) is 1. The van der Waals surface area contributed by atoms with Crippen LogP contribution in [0.5, 0.6) is 0 Å². The summed E-state index contributed by atoms with van der Waals surface area (Å²) in [7, 11) is 1.93. The van der Waals surface area contributed by atoms with Crippen LogP contribution in [0.2, 0.25) is 0 Å². The number of ether oxygens (including phenoxy) is 1. The molecule has 5 aliphatic carbocycles. The third-order valence-electron chi connectivity index (χ3n) is 13.1. The van der Waals surface area contributed by atoms with Crippen LogP contribution in [-0.2, 0) is 4.74 Å².